The van der Waals surface area contributed by atoms with Gasteiger partial charge < -0.3 is 0 Å². The van der Waals surface area contributed by atoms with Gasteiger partial charge in [-0.15, -0.1) is 11.3 Å². The van der Waals surface area contributed by atoms with Crippen LogP contribution >= 0.6 is 34.5 Å². The van der Waals surface area contributed by atoms with E-state index in [0.717, 1.165) is 11.3 Å². The van der Waals surface area contributed by atoms with Crippen molar-refractivity contribution in [3.63, 3.8) is 0 Å². The Balaban J connectivity index is 1.77. The van der Waals surface area contributed by atoms with Gasteiger partial charge >= 0.3 is 0 Å². The second kappa shape index (κ2) is 6.39. The summed E-state index contributed by atoms with van der Waals surface area (Å²) >= 11 is 12.9. The van der Waals surface area contributed by atoms with E-state index in [4.69, 9.17) is 23.2 Å². The zero-order valence-corrected chi connectivity index (χ0v) is 13.3. The Morgan fingerprint density at radius 3 is 2.73 bits per heavy atom. The largest absolute Gasteiger partial charge is 0.298 e. The van der Waals surface area contributed by atoms with Crippen LogP contribution in [0.5, 0.6) is 0 Å². The number of carbonyl (C=O) groups excluding carboxylic acids is 1. The first-order chi connectivity index (χ1) is 10.6. The van der Waals surface area contributed by atoms with Gasteiger partial charge in [0.25, 0.3) is 5.91 Å². The van der Waals surface area contributed by atoms with E-state index in [-0.39, 0.29) is 16.1 Å². The van der Waals surface area contributed by atoms with Crippen LogP contribution in [0.4, 0.5) is 5.13 Å². The number of pyridine rings is 2. The van der Waals surface area contributed by atoms with Gasteiger partial charge in [0.2, 0.25) is 0 Å². The van der Waals surface area contributed by atoms with Crippen molar-refractivity contribution in [3.8, 4) is 11.3 Å². The summed E-state index contributed by atoms with van der Waals surface area (Å²) in [6, 6.07) is 5.16. The number of hydrogen-bond donors (Lipinski definition) is 1. The summed E-state index contributed by atoms with van der Waals surface area (Å²) in [6.07, 6.45) is 4.74. The zero-order chi connectivity index (χ0) is 15.5. The molecule has 1 N–H and O–H groups in total. The molecule has 3 aromatic heterocycles. The summed E-state index contributed by atoms with van der Waals surface area (Å²) in [5, 5.41) is 5.44. The number of rotatable bonds is 3. The van der Waals surface area contributed by atoms with Crippen LogP contribution in [0.3, 0.4) is 0 Å². The molecular formula is C14H8Cl2N4OS. The van der Waals surface area contributed by atoms with E-state index in [0.29, 0.717) is 10.7 Å². The lowest BCUT2D eigenvalue weighted by atomic mass is 10.2. The van der Waals surface area contributed by atoms with Crippen LogP contribution in [0.2, 0.25) is 10.2 Å². The number of aromatic nitrogens is 3. The smallest absolute Gasteiger partial charge is 0.259 e. The molecule has 8 heteroatoms. The number of nitrogens with one attached hydrogen (secondary N) is 1. The fourth-order valence-electron chi connectivity index (χ4n) is 1.70. The monoisotopic (exact) mass is 350 g/mol. The molecule has 0 fully saturated rings. The van der Waals surface area contributed by atoms with Crippen LogP contribution < -0.4 is 5.32 Å². The number of carbonyl (C=O) groups is 1. The maximum atomic E-state index is 12.1. The van der Waals surface area contributed by atoms with Crippen molar-refractivity contribution in [1.29, 1.82) is 0 Å². The molecule has 0 radical (unpaired) electrons. The first-order valence-electron chi connectivity index (χ1n) is 6.12. The zero-order valence-electron chi connectivity index (χ0n) is 11.0. The number of hydrogen-bond acceptors (Lipinski definition) is 5. The van der Waals surface area contributed by atoms with Crippen molar-refractivity contribution in [3.05, 3.63) is 57.9 Å². The molecule has 0 aliphatic carbocycles. The Labute approximate surface area is 140 Å². The van der Waals surface area contributed by atoms with Gasteiger partial charge in [0.15, 0.2) is 5.13 Å². The third-order valence-corrected chi connectivity index (χ3v) is 4.20. The number of halogens is 2. The second-order valence-electron chi connectivity index (χ2n) is 4.22. The van der Waals surface area contributed by atoms with Crippen LogP contribution in [0.15, 0.2) is 42.2 Å². The highest BCUT2D eigenvalue weighted by atomic mass is 35.5. The Morgan fingerprint density at radius 2 is 2.00 bits per heavy atom. The van der Waals surface area contributed by atoms with E-state index in [1.165, 1.54) is 23.6 Å². The van der Waals surface area contributed by atoms with Crippen molar-refractivity contribution in [2.24, 2.45) is 0 Å². The van der Waals surface area contributed by atoms with Gasteiger partial charge in [0.1, 0.15) is 5.15 Å². The highest BCUT2D eigenvalue weighted by molar-refractivity contribution is 7.14. The van der Waals surface area contributed by atoms with Crippen molar-refractivity contribution in [1.82, 2.24) is 15.0 Å². The molecule has 3 heterocycles. The highest BCUT2D eigenvalue weighted by Crippen LogP contribution is 2.25. The van der Waals surface area contributed by atoms with Crippen molar-refractivity contribution in [2.45, 2.75) is 0 Å². The molecule has 1 amide bonds. The summed E-state index contributed by atoms with van der Waals surface area (Å²) in [4.78, 5) is 24.3. The summed E-state index contributed by atoms with van der Waals surface area (Å²) < 4.78 is 0. The summed E-state index contributed by atoms with van der Waals surface area (Å²) in [6.45, 7) is 0. The number of anilines is 1. The third-order valence-electron chi connectivity index (χ3n) is 2.76. The molecule has 0 spiro atoms. The van der Waals surface area contributed by atoms with Gasteiger partial charge in [-0.1, -0.05) is 23.2 Å². The Hall–Kier alpha value is -2.02. The molecule has 5 nitrogen and oxygen atoms in total. The van der Waals surface area contributed by atoms with E-state index in [9.17, 15) is 4.79 Å². The maximum Gasteiger partial charge on any atom is 0.259 e. The molecular weight excluding hydrogens is 343 g/mol. The fraction of sp³-hybridized carbons (Fsp3) is 0. The van der Waals surface area contributed by atoms with Gasteiger partial charge in [-0.25, -0.2) is 9.97 Å². The van der Waals surface area contributed by atoms with E-state index in [2.05, 4.69) is 20.3 Å². The van der Waals surface area contributed by atoms with E-state index >= 15 is 0 Å². The second-order valence-corrected chi connectivity index (χ2v) is 5.85. The van der Waals surface area contributed by atoms with Gasteiger partial charge in [-0.2, -0.15) is 0 Å². The van der Waals surface area contributed by atoms with Gasteiger partial charge in [0.05, 0.1) is 16.3 Å². The Morgan fingerprint density at radius 1 is 1.23 bits per heavy atom. The molecule has 0 bridgehead atoms. The SMILES string of the molecule is O=C(Nc1nc(-c2ccncc2)cs1)c1cnc(Cl)c(Cl)c1. The first kappa shape index (κ1) is 14.9. The van der Waals surface area contributed by atoms with Crippen molar-refractivity contribution >= 4 is 45.6 Å². The molecule has 3 rings (SSSR count). The van der Waals surface area contributed by atoms with Crippen LogP contribution in [0.1, 0.15) is 10.4 Å². The predicted octanol–water partition coefficient (Wildman–Crippen LogP) is 4.16. The van der Waals surface area contributed by atoms with Gasteiger partial charge in [0, 0.05) is 29.5 Å². The minimum Gasteiger partial charge on any atom is -0.298 e. The molecule has 0 aliphatic heterocycles. The molecule has 0 aliphatic rings. The minimum atomic E-state index is -0.346. The van der Waals surface area contributed by atoms with Crippen LogP contribution in [-0.4, -0.2) is 20.9 Å². The predicted molar refractivity (Wildman–Crippen MR) is 87.6 cm³/mol. The lowest BCUT2D eigenvalue weighted by Gasteiger charge is -2.02. The van der Waals surface area contributed by atoms with Crippen LogP contribution in [0, 0.1) is 0 Å². The highest BCUT2D eigenvalue weighted by Gasteiger charge is 2.12. The fourth-order valence-corrected chi connectivity index (χ4v) is 2.69. The van der Waals surface area contributed by atoms with Crippen molar-refractivity contribution in [2.75, 3.05) is 5.32 Å². The van der Waals surface area contributed by atoms with E-state index < -0.39 is 0 Å². The lowest BCUT2D eigenvalue weighted by molar-refractivity contribution is 0.102. The topological polar surface area (TPSA) is 67.8 Å². The third kappa shape index (κ3) is 3.24. The molecule has 0 unspecified atom stereocenters. The van der Waals surface area contributed by atoms with Crippen LogP contribution in [0.25, 0.3) is 11.3 Å². The summed E-state index contributed by atoms with van der Waals surface area (Å²) in [5.74, 6) is -0.346. The lowest BCUT2D eigenvalue weighted by Crippen LogP contribution is -2.12. The molecule has 3 aromatic rings. The standard InChI is InChI=1S/C14H8Cl2N4OS/c15-10-5-9(6-18-12(10)16)13(21)20-14-19-11(7-22-14)8-1-3-17-4-2-8/h1-7H,(H,19,20,21). The normalized spacial score (nSPS) is 10.5. The number of amides is 1. The van der Waals surface area contributed by atoms with E-state index in [1.807, 2.05) is 17.5 Å². The van der Waals surface area contributed by atoms with Gasteiger partial charge in [-0.3, -0.25) is 15.1 Å². The average Bonchev–Trinajstić information content (AvgIpc) is 2.99. The maximum absolute atomic E-state index is 12.1. The van der Waals surface area contributed by atoms with Crippen LogP contribution in [-0.2, 0) is 0 Å². The van der Waals surface area contributed by atoms with Gasteiger partial charge in [-0.05, 0) is 18.2 Å². The van der Waals surface area contributed by atoms with E-state index in [1.54, 1.807) is 12.4 Å². The summed E-state index contributed by atoms with van der Waals surface area (Å²) in [7, 11) is 0. The molecule has 0 aromatic carbocycles. The molecule has 0 saturated carbocycles. The number of thiazole rings is 1. The Bertz CT molecular complexity index is 823. The molecule has 0 saturated heterocycles. The summed E-state index contributed by atoms with van der Waals surface area (Å²) in [5.41, 5.74) is 2.02. The minimum absolute atomic E-state index is 0.160. The Kier molecular flexibility index (Phi) is 4.33. The quantitative estimate of drug-likeness (QED) is 0.720. The number of nitrogens with zero attached hydrogens (tertiary/aromatic N) is 3. The van der Waals surface area contributed by atoms with Crippen molar-refractivity contribution < 1.29 is 4.79 Å². The molecule has 110 valence electrons. The first-order valence-corrected chi connectivity index (χ1v) is 7.75. The molecule has 0 atom stereocenters. The molecule has 22 heavy (non-hydrogen) atoms. The average molecular weight is 351 g/mol.